The highest BCUT2D eigenvalue weighted by molar-refractivity contribution is 5.87. The van der Waals surface area contributed by atoms with Crippen LogP contribution in [0.3, 0.4) is 0 Å². The van der Waals surface area contributed by atoms with Crippen LogP contribution in [0.4, 0.5) is 0 Å². The van der Waals surface area contributed by atoms with Crippen LogP contribution in [0.5, 0.6) is 0 Å². The normalized spacial score (nSPS) is 23.1. The van der Waals surface area contributed by atoms with E-state index in [0.29, 0.717) is 5.56 Å². The van der Waals surface area contributed by atoms with Crippen LogP contribution in [-0.4, -0.2) is 40.8 Å². The van der Waals surface area contributed by atoms with E-state index in [1.54, 1.807) is 12.1 Å². The lowest BCUT2D eigenvalue weighted by atomic mass is 9.83. The van der Waals surface area contributed by atoms with E-state index in [2.05, 4.69) is 11.8 Å². The van der Waals surface area contributed by atoms with E-state index >= 15 is 0 Å². The summed E-state index contributed by atoms with van der Waals surface area (Å²) in [5.74, 6) is -0.889. The number of benzene rings is 1. The summed E-state index contributed by atoms with van der Waals surface area (Å²) in [6.45, 7) is 5.17. The summed E-state index contributed by atoms with van der Waals surface area (Å²) in [5.41, 5.74) is 1.52. The fourth-order valence-electron chi connectivity index (χ4n) is 3.12. The van der Waals surface area contributed by atoms with Crippen LogP contribution in [0.1, 0.15) is 42.1 Å². The van der Waals surface area contributed by atoms with Gasteiger partial charge in [-0.15, -0.1) is 0 Å². The highest BCUT2D eigenvalue weighted by Crippen LogP contribution is 2.35. The zero-order valence-corrected chi connectivity index (χ0v) is 12.0. The van der Waals surface area contributed by atoms with Gasteiger partial charge in [-0.1, -0.05) is 25.5 Å². The van der Waals surface area contributed by atoms with Gasteiger partial charge in [0.2, 0.25) is 0 Å². The van der Waals surface area contributed by atoms with Crippen molar-refractivity contribution in [2.24, 2.45) is 5.41 Å². The number of carboxylic acid groups (broad SMARTS) is 1. The maximum Gasteiger partial charge on any atom is 0.335 e. The molecular formula is C16H23NO3. The number of carboxylic acids is 1. The number of nitrogens with zero attached hydrogens (tertiary/aromatic N) is 1. The van der Waals surface area contributed by atoms with Crippen molar-refractivity contribution >= 4 is 5.97 Å². The molecule has 2 rings (SSSR count). The van der Waals surface area contributed by atoms with Gasteiger partial charge in [0.25, 0.3) is 0 Å². The van der Waals surface area contributed by atoms with E-state index in [0.717, 1.165) is 44.5 Å². The zero-order chi connectivity index (χ0) is 14.6. The van der Waals surface area contributed by atoms with Gasteiger partial charge in [0.1, 0.15) is 0 Å². The van der Waals surface area contributed by atoms with Crippen molar-refractivity contribution in [3.63, 3.8) is 0 Å². The number of likely N-dealkylation sites (tertiary alicyclic amines) is 1. The Hall–Kier alpha value is -1.39. The summed E-state index contributed by atoms with van der Waals surface area (Å²) in [4.78, 5) is 13.2. The van der Waals surface area contributed by atoms with Gasteiger partial charge in [0.15, 0.2) is 0 Å². The van der Waals surface area contributed by atoms with Crippen LogP contribution in [0, 0.1) is 5.41 Å². The smallest absolute Gasteiger partial charge is 0.335 e. The lowest BCUT2D eigenvalue weighted by Crippen LogP contribution is -2.30. The maximum absolute atomic E-state index is 10.8. The first-order chi connectivity index (χ1) is 9.58. The van der Waals surface area contributed by atoms with Gasteiger partial charge < -0.3 is 10.2 Å². The van der Waals surface area contributed by atoms with Crippen molar-refractivity contribution in [2.45, 2.75) is 32.7 Å². The van der Waals surface area contributed by atoms with Crippen LogP contribution < -0.4 is 0 Å². The van der Waals surface area contributed by atoms with Gasteiger partial charge in [-0.3, -0.25) is 4.90 Å². The molecule has 1 aromatic carbocycles. The second-order valence-corrected chi connectivity index (χ2v) is 5.87. The number of hydrogen-bond acceptors (Lipinski definition) is 3. The van der Waals surface area contributed by atoms with Crippen molar-refractivity contribution in [3.05, 3.63) is 35.4 Å². The molecule has 0 spiro atoms. The Morgan fingerprint density at radius 2 is 2.05 bits per heavy atom. The number of aromatic carboxylic acids is 1. The predicted molar refractivity (Wildman–Crippen MR) is 77.7 cm³/mol. The molecule has 1 aliphatic heterocycles. The first-order valence-corrected chi connectivity index (χ1v) is 7.24. The first kappa shape index (κ1) is 15.0. The van der Waals surface area contributed by atoms with Gasteiger partial charge in [-0.2, -0.15) is 0 Å². The SMILES string of the molecule is CCCC1(CO)CCN(Cc2ccc(C(=O)O)cc2)C1. The van der Waals surface area contributed by atoms with Gasteiger partial charge >= 0.3 is 5.97 Å². The number of aliphatic hydroxyl groups excluding tert-OH is 1. The summed E-state index contributed by atoms with van der Waals surface area (Å²) in [7, 11) is 0. The van der Waals surface area contributed by atoms with Crippen molar-refractivity contribution < 1.29 is 15.0 Å². The molecule has 1 saturated heterocycles. The summed E-state index contributed by atoms with van der Waals surface area (Å²) in [6, 6.07) is 7.06. The zero-order valence-electron chi connectivity index (χ0n) is 12.0. The maximum atomic E-state index is 10.8. The molecule has 1 fully saturated rings. The number of rotatable bonds is 6. The Kier molecular flexibility index (Phi) is 4.78. The molecule has 110 valence electrons. The molecule has 0 amide bonds. The van der Waals surface area contributed by atoms with E-state index in [1.807, 2.05) is 12.1 Å². The van der Waals surface area contributed by atoms with E-state index < -0.39 is 5.97 Å². The Bertz CT molecular complexity index is 457. The number of hydrogen-bond donors (Lipinski definition) is 2. The Morgan fingerprint density at radius 1 is 1.35 bits per heavy atom. The Labute approximate surface area is 120 Å². The fraction of sp³-hybridized carbons (Fsp3) is 0.562. The molecule has 2 N–H and O–H groups in total. The third-order valence-electron chi connectivity index (χ3n) is 4.24. The first-order valence-electron chi connectivity index (χ1n) is 7.24. The molecule has 1 aromatic rings. The molecular weight excluding hydrogens is 254 g/mol. The molecule has 20 heavy (non-hydrogen) atoms. The van der Waals surface area contributed by atoms with Gasteiger partial charge in [0.05, 0.1) is 5.56 Å². The van der Waals surface area contributed by atoms with Gasteiger partial charge in [0, 0.05) is 25.1 Å². The molecule has 4 nitrogen and oxygen atoms in total. The van der Waals surface area contributed by atoms with Crippen LogP contribution >= 0.6 is 0 Å². The van der Waals surface area contributed by atoms with E-state index in [9.17, 15) is 9.90 Å². The molecule has 1 unspecified atom stereocenters. The standard InChI is InChI=1S/C16H23NO3/c1-2-7-16(12-18)8-9-17(11-16)10-13-3-5-14(6-4-13)15(19)20/h3-6,18H,2,7-12H2,1H3,(H,19,20). The lowest BCUT2D eigenvalue weighted by molar-refractivity contribution is 0.0697. The molecule has 1 aliphatic rings. The van der Waals surface area contributed by atoms with E-state index in [1.165, 1.54) is 0 Å². The molecule has 4 heteroatoms. The monoisotopic (exact) mass is 277 g/mol. The van der Waals surface area contributed by atoms with Crippen LogP contribution in [0.25, 0.3) is 0 Å². The van der Waals surface area contributed by atoms with E-state index in [4.69, 9.17) is 5.11 Å². The van der Waals surface area contributed by atoms with Crippen LogP contribution in [-0.2, 0) is 6.54 Å². The Morgan fingerprint density at radius 3 is 2.60 bits per heavy atom. The summed E-state index contributed by atoms with van der Waals surface area (Å²) < 4.78 is 0. The minimum atomic E-state index is -0.889. The fourth-order valence-corrected chi connectivity index (χ4v) is 3.12. The van der Waals surface area contributed by atoms with Crippen LogP contribution in [0.2, 0.25) is 0 Å². The average Bonchev–Trinajstić information content (AvgIpc) is 2.83. The molecule has 1 heterocycles. The summed E-state index contributed by atoms with van der Waals surface area (Å²) in [5, 5.41) is 18.5. The number of carbonyl (C=O) groups is 1. The third-order valence-corrected chi connectivity index (χ3v) is 4.24. The lowest BCUT2D eigenvalue weighted by Gasteiger charge is -2.26. The summed E-state index contributed by atoms with van der Waals surface area (Å²) in [6.07, 6.45) is 3.21. The minimum Gasteiger partial charge on any atom is -0.478 e. The Balaban J connectivity index is 1.96. The van der Waals surface area contributed by atoms with E-state index in [-0.39, 0.29) is 12.0 Å². The molecule has 0 aromatic heterocycles. The second kappa shape index (κ2) is 6.37. The molecule has 0 radical (unpaired) electrons. The highest BCUT2D eigenvalue weighted by atomic mass is 16.4. The summed E-state index contributed by atoms with van der Waals surface area (Å²) >= 11 is 0. The topological polar surface area (TPSA) is 60.8 Å². The molecule has 0 saturated carbocycles. The van der Waals surface area contributed by atoms with Crippen molar-refractivity contribution in [2.75, 3.05) is 19.7 Å². The van der Waals surface area contributed by atoms with Crippen LogP contribution in [0.15, 0.2) is 24.3 Å². The molecule has 0 bridgehead atoms. The van der Waals surface area contributed by atoms with Gasteiger partial charge in [-0.25, -0.2) is 4.79 Å². The highest BCUT2D eigenvalue weighted by Gasteiger charge is 2.36. The largest absolute Gasteiger partial charge is 0.478 e. The minimum absolute atomic E-state index is 0.0652. The number of aliphatic hydroxyl groups is 1. The van der Waals surface area contributed by atoms with Crippen molar-refractivity contribution in [3.8, 4) is 0 Å². The predicted octanol–water partition coefficient (Wildman–Crippen LogP) is 2.37. The van der Waals surface area contributed by atoms with Crippen molar-refractivity contribution in [1.29, 1.82) is 0 Å². The average molecular weight is 277 g/mol. The molecule has 1 atom stereocenters. The van der Waals surface area contributed by atoms with Gasteiger partial charge in [-0.05, 0) is 37.1 Å². The third kappa shape index (κ3) is 3.38. The second-order valence-electron chi connectivity index (χ2n) is 5.87. The quantitative estimate of drug-likeness (QED) is 0.838. The van der Waals surface area contributed by atoms with Crippen molar-refractivity contribution in [1.82, 2.24) is 4.90 Å². The molecule has 0 aliphatic carbocycles.